The Balaban J connectivity index is 1.64. The van der Waals surface area contributed by atoms with Crippen molar-refractivity contribution in [3.05, 3.63) is 0 Å². The van der Waals surface area contributed by atoms with E-state index in [0.717, 1.165) is 12.0 Å². The number of hydrogen-bond acceptors (Lipinski definition) is 1. The second-order valence-corrected chi connectivity index (χ2v) is 4.51. The third-order valence-corrected chi connectivity index (χ3v) is 3.00. The van der Waals surface area contributed by atoms with E-state index in [0.29, 0.717) is 5.41 Å². The molecule has 2 aliphatic rings. The molecule has 2 fully saturated rings. The summed E-state index contributed by atoms with van der Waals surface area (Å²) in [4.78, 5) is 0. The summed E-state index contributed by atoms with van der Waals surface area (Å²) in [5.41, 5.74) is 0.697. The van der Waals surface area contributed by atoms with E-state index in [1.54, 1.807) is 0 Å². The smallest absolute Gasteiger partial charge is 0.00966 e. The fraction of sp³-hybridized carbons (Fsp3) is 1.00. The van der Waals surface area contributed by atoms with Gasteiger partial charge in [-0.25, -0.2) is 0 Å². The normalized spacial score (nSPS) is 41.4. The molecular weight excluding hydrogens is 122 g/mol. The lowest BCUT2D eigenvalue weighted by Gasteiger charge is -2.08. The zero-order valence-electron chi connectivity index (χ0n) is 6.98. The number of rotatable bonds is 3. The first-order chi connectivity index (χ1) is 4.70. The minimum absolute atomic E-state index is 0.697. The van der Waals surface area contributed by atoms with Crippen LogP contribution in [0.1, 0.15) is 33.1 Å². The fourth-order valence-electron chi connectivity index (χ4n) is 1.37. The molecule has 0 heterocycles. The van der Waals surface area contributed by atoms with Gasteiger partial charge in [-0.1, -0.05) is 13.8 Å². The van der Waals surface area contributed by atoms with Crippen LogP contribution in [-0.4, -0.2) is 12.6 Å². The summed E-state index contributed by atoms with van der Waals surface area (Å²) in [6.45, 7) is 5.97. The maximum Gasteiger partial charge on any atom is 0.00966 e. The molecule has 0 aliphatic heterocycles. The van der Waals surface area contributed by atoms with E-state index < -0.39 is 0 Å². The highest BCUT2D eigenvalue weighted by Crippen LogP contribution is 2.45. The van der Waals surface area contributed by atoms with Crippen molar-refractivity contribution in [2.75, 3.05) is 6.54 Å². The first-order valence-electron chi connectivity index (χ1n) is 4.43. The summed E-state index contributed by atoms with van der Waals surface area (Å²) in [6.07, 6.45) is 4.30. The number of nitrogens with one attached hydrogen (secondary N) is 1. The Morgan fingerprint density at radius 3 is 2.50 bits per heavy atom. The van der Waals surface area contributed by atoms with Gasteiger partial charge in [0.15, 0.2) is 0 Å². The van der Waals surface area contributed by atoms with Gasteiger partial charge < -0.3 is 5.32 Å². The molecule has 1 N–H and O–H groups in total. The number of hydrogen-bond donors (Lipinski definition) is 1. The van der Waals surface area contributed by atoms with Crippen LogP contribution >= 0.6 is 0 Å². The average molecular weight is 139 g/mol. The van der Waals surface area contributed by atoms with Crippen LogP contribution in [0.2, 0.25) is 0 Å². The van der Waals surface area contributed by atoms with Crippen molar-refractivity contribution in [3.63, 3.8) is 0 Å². The van der Waals surface area contributed by atoms with Crippen molar-refractivity contribution in [2.45, 2.75) is 39.2 Å². The molecule has 58 valence electrons. The van der Waals surface area contributed by atoms with Crippen LogP contribution in [0, 0.1) is 11.3 Å². The molecule has 0 radical (unpaired) electrons. The molecule has 0 bridgehead atoms. The quantitative estimate of drug-likeness (QED) is 0.628. The lowest BCUT2D eigenvalue weighted by atomic mass is 10.1. The SMILES string of the molecule is CC1CC1NCC1(C)CC1. The Morgan fingerprint density at radius 1 is 1.50 bits per heavy atom. The summed E-state index contributed by atoms with van der Waals surface area (Å²) < 4.78 is 0. The molecule has 0 amide bonds. The van der Waals surface area contributed by atoms with Crippen LogP contribution < -0.4 is 5.32 Å². The monoisotopic (exact) mass is 139 g/mol. The first-order valence-corrected chi connectivity index (χ1v) is 4.43. The Morgan fingerprint density at radius 2 is 2.10 bits per heavy atom. The lowest BCUT2D eigenvalue weighted by Crippen LogP contribution is -2.24. The Hall–Kier alpha value is -0.0400. The van der Waals surface area contributed by atoms with E-state index in [1.807, 2.05) is 0 Å². The first kappa shape index (κ1) is 6.66. The van der Waals surface area contributed by atoms with Gasteiger partial charge >= 0.3 is 0 Å². The third-order valence-electron chi connectivity index (χ3n) is 3.00. The van der Waals surface area contributed by atoms with Gasteiger partial charge in [0.25, 0.3) is 0 Å². The highest BCUT2D eigenvalue weighted by molar-refractivity contribution is 4.96. The maximum absolute atomic E-state index is 3.61. The van der Waals surface area contributed by atoms with Crippen molar-refractivity contribution in [2.24, 2.45) is 11.3 Å². The van der Waals surface area contributed by atoms with Crippen molar-refractivity contribution in [3.8, 4) is 0 Å². The van der Waals surface area contributed by atoms with Crippen molar-refractivity contribution >= 4 is 0 Å². The second-order valence-electron chi connectivity index (χ2n) is 4.51. The van der Waals surface area contributed by atoms with E-state index in [4.69, 9.17) is 0 Å². The highest BCUT2D eigenvalue weighted by Gasteiger charge is 2.40. The average Bonchev–Trinajstić information content (AvgIpc) is 2.71. The van der Waals surface area contributed by atoms with Crippen LogP contribution in [0.3, 0.4) is 0 Å². The summed E-state index contributed by atoms with van der Waals surface area (Å²) in [6, 6.07) is 0.873. The molecule has 0 saturated heterocycles. The minimum atomic E-state index is 0.697. The standard InChI is InChI=1S/C9H17N/c1-7-5-8(7)10-6-9(2)3-4-9/h7-8,10H,3-6H2,1-2H3. The molecule has 2 aliphatic carbocycles. The van der Waals surface area contributed by atoms with Gasteiger partial charge in [0.05, 0.1) is 0 Å². The molecule has 2 rings (SSSR count). The highest BCUT2D eigenvalue weighted by atomic mass is 15.0. The van der Waals surface area contributed by atoms with Gasteiger partial charge in [-0.15, -0.1) is 0 Å². The molecule has 0 aromatic heterocycles. The summed E-state index contributed by atoms with van der Waals surface area (Å²) in [5, 5.41) is 3.61. The molecular formula is C9H17N. The zero-order chi connectivity index (χ0) is 7.19. The topological polar surface area (TPSA) is 12.0 Å². The van der Waals surface area contributed by atoms with Gasteiger partial charge in [0.2, 0.25) is 0 Å². The van der Waals surface area contributed by atoms with Gasteiger partial charge in [-0.3, -0.25) is 0 Å². The summed E-state index contributed by atoms with van der Waals surface area (Å²) >= 11 is 0. The fourth-order valence-corrected chi connectivity index (χ4v) is 1.37. The lowest BCUT2D eigenvalue weighted by molar-refractivity contribution is 0.489. The van der Waals surface area contributed by atoms with Crippen LogP contribution in [0.25, 0.3) is 0 Å². The molecule has 1 nitrogen and oxygen atoms in total. The Labute approximate surface area is 63.2 Å². The van der Waals surface area contributed by atoms with E-state index in [2.05, 4.69) is 19.2 Å². The Bertz CT molecular complexity index is 138. The van der Waals surface area contributed by atoms with E-state index in [9.17, 15) is 0 Å². The van der Waals surface area contributed by atoms with Gasteiger partial charge in [0, 0.05) is 12.6 Å². The van der Waals surface area contributed by atoms with Gasteiger partial charge in [-0.05, 0) is 30.6 Å². The van der Waals surface area contributed by atoms with Crippen molar-refractivity contribution in [1.29, 1.82) is 0 Å². The molecule has 0 spiro atoms. The summed E-state index contributed by atoms with van der Waals surface area (Å²) in [7, 11) is 0. The van der Waals surface area contributed by atoms with Gasteiger partial charge in [-0.2, -0.15) is 0 Å². The predicted molar refractivity (Wildman–Crippen MR) is 42.9 cm³/mol. The van der Waals surface area contributed by atoms with Crippen LogP contribution in [0.4, 0.5) is 0 Å². The van der Waals surface area contributed by atoms with Crippen molar-refractivity contribution in [1.82, 2.24) is 5.32 Å². The maximum atomic E-state index is 3.61. The van der Waals surface area contributed by atoms with Gasteiger partial charge in [0.1, 0.15) is 0 Å². The molecule has 10 heavy (non-hydrogen) atoms. The van der Waals surface area contributed by atoms with E-state index in [-0.39, 0.29) is 0 Å². The van der Waals surface area contributed by atoms with E-state index >= 15 is 0 Å². The Kier molecular flexibility index (Phi) is 1.31. The largest absolute Gasteiger partial charge is 0.313 e. The molecule has 2 saturated carbocycles. The van der Waals surface area contributed by atoms with Crippen LogP contribution in [0.15, 0.2) is 0 Å². The molecule has 1 heteroatoms. The molecule has 2 atom stereocenters. The van der Waals surface area contributed by atoms with Crippen molar-refractivity contribution < 1.29 is 0 Å². The zero-order valence-corrected chi connectivity index (χ0v) is 6.98. The minimum Gasteiger partial charge on any atom is -0.313 e. The molecule has 0 aromatic rings. The third kappa shape index (κ3) is 1.34. The van der Waals surface area contributed by atoms with Crippen LogP contribution in [0.5, 0.6) is 0 Å². The second kappa shape index (κ2) is 1.97. The van der Waals surface area contributed by atoms with E-state index in [1.165, 1.54) is 25.8 Å². The molecule has 2 unspecified atom stereocenters. The predicted octanol–water partition coefficient (Wildman–Crippen LogP) is 1.78. The summed E-state index contributed by atoms with van der Waals surface area (Å²) in [5.74, 6) is 0.961. The van der Waals surface area contributed by atoms with Crippen LogP contribution in [-0.2, 0) is 0 Å². The molecule has 0 aromatic carbocycles.